The average Bonchev–Trinajstić information content (AvgIpc) is 2.44. The summed E-state index contributed by atoms with van der Waals surface area (Å²) < 4.78 is 35.1. The van der Waals surface area contributed by atoms with Gasteiger partial charge in [-0.2, -0.15) is 0 Å². The molecule has 4 nitrogen and oxygen atoms in total. The Bertz CT molecular complexity index is 457. The second-order valence-corrected chi connectivity index (χ2v) is 4.28. The van der Waals surface area contributed by atoms with E-state index in [1.54, 1.807) is 12.1 Å². The molecule has 0 fully saturated rings. The van der Waals surface area contributed by atoms with E-state index in [1.807, 2.05) is 0 Å². The first-order valence-electron chi connectivity index (χ1n) is 5.88. The van der Waals surface area contributed by atoms with Crippen LogP contribution in [-0.4, -0.2) is 50.4 Å². The Morgan fingerprint density at radius 3 is 2.55 bits per heavy atom. The zero-order valence-electron chi connectivity index (χ0n) is 11.2. The minimum atomic E-state index is -2.63. The van der Waals surface area contributed by atoms with Gasteiger partial charge in [0.05, 0.1) is 26.3 Å². The van der Waals surface area contributed by atoms with Crippen LogP contribution in [-0.2, 0) is 0 Å². The van der Waals surface area contributed by atoms with E-state index in [0.29, 0.717) is 11.5 Å². The molecule has 0 atom stereocenters. The summed E-state index contributed by atoms with van der Waals surface area (Å²) >= 11 is 5.55. The molecule has 112 valence electrons. The second kappa shape index (κ2) is 7.89. The molecule has 1 rings (SSSR count). The molecule has 0 bridgehead atoms. The summed E-state index contributed by atoms with van der Waals surface area (Å²) in [5, 5.41) is 0. The fourth-order valence-electron chi connectivity index (χ4n) is 1.70. The number of carbonyl (C=O) groups is 1. The van der Waals surface area contributed by atoms with E-state index >= 15 is 0 Å². The van der Waals surface area contributed by atoms with Crippen molar-refractivity contribution in [1.82, 2.24) is 4.90 Å². The molecule has 7 heteroatoms. The Morgan fingerprint density at radius 1 is 1.35 bits per heavy atom. The summed E-state index contributed by atoms with van der Waals surface area (Å²) in [6.07, 6.45) is -2.63. The molecule has 0 N–H and O–H groups in total. The predicted molar refractivity (Wildman–Crippen MR) is 72.2 cm³/mol. The van der Waals surface area contributed by atoms with Crippen LogP contribution in [0.2, 0.25) is 0 Å². The van der Waals surface area contributed by atoms with Gasteiger partial charge in [0, 0.05) is 12.4 Å². The predicted octanol–water partition coefficient (Wildman–Crippen LogP) is 2.65. The van der Waals surface area contributed by atoms with Crippen molar-refractivity contribution in [2.75, 3.05) is 33.2 Å². The molecule has 1 aromatic rings. The molecule has 0 aliphatic heterocycles. The quantitative estimate of drug-likeness (QED) is 0.727. The highest BCUT2D eigenvalue weighted by Crippen LogP contribution is 2.25. The van der Waals surface area contributed by atoms with E-state index in [0.717, 1.165) is 4.90 Å². The molecule has 0 saturated carbocycles. The lowest BCUT2D eigenvalue weighted by molar-refractivity contribution is 0.0568. The maximum atomic E-state index is 12.5. The van der Waals surface area contributed by atoms with Crippen molar-refractivity contribution < 1.29 is 23.0 Å². The zero-order chi connectivity index (χ0) is 15.1. The van der Waals surface area contributed by atoms with E-state index in [9.17, 15) is 13.6 Å². The average molecular weight is 308 g/mol. The minimum Gasteiger partial charge on any atom is -0.497 e. The summed E-state index contributed by atoms with van der Waals surface area (Å²) in [4.78, 5) is 13.3. The van der Waals surface area contributed by atoms with Crippen molar-refractivity contribution in [2.24, 2.45) is 0 Å². The van der Waals surface area contributed by atoms with Crippen LogP contribution >= 0.6 is 11.6 Å². The van der Waals surface area contributed by atoms with Crippen molar-refractivity contribution in [3.8, 4) is 11.5 Å². The number of carbonyl (C=O) groups excluding carboxylic acids is 1. The summed E-state index contributed by atoms with van der Waals surface area (Å²) in [6, 6.07) is 4.62. The van der Waals surface area contributed by atoms with E-state index in [4.69, 9.17) is 21.1 Å². The number of alkyl halides is 3. The van der Waals surface area contributed by atoms with Gasteiger partial charge in [0.25, 0.3) is 12.3 Å². The largest absolute Gasteiger partial charge is 0.497 e. The van der Waals surface area contributed by atoms with Gasteiger partial charge in [-0.3, -0.25) is 4.79 Å². The van der Waals surface area contributed by atoms with Gasteiger partial charge < -0.3 is 14.4 Å². The van der Waals surface area contributed by atoms with E-state index in [-0.39, 0.29) is 18.0 Å². The van der Waals surface area contributed by atoms with Crippen molar-refractivity contribution in [1.29, 1.82) is 0 Å². The highest BCUT2D eigenvalue weighted by molar-refractivity contribution is 6.18. The van der Waals surface area contributed by atoms with Gasteiger partial charge in [-0.05, 0) is 18.2 Å². The molecule has 0 radical (unpaired) electrons. The Balaban J connectivity index is 3.08. The number of hydrogen-bond acceptors (Lipinski definition) is 3. The maximum Gasteiger partial charge on any atom is 0.257 e. The van der Waals surface area contributed by atoms with Crippen LogP contribution in [0.4, 0.5) is 8.78 Å². The number of benzene rings is 1. The van der Waals surface area contributed by atoms with E-state index in [1.165, 1.54) is 20.3 Å². The third kappa shape index (κ3) is 4.23. The smallest absolute Gasteiger partial charge is 0.257 e. The van der Waals surface area contributed by atoms with Crippen LogP contribution in [0.5, 0.6) is 11.5 Å². The Kier molecular flexibility index (Phi) is 6.51. The molecule has 0 unspecified atom stereocenters. The summed E-state index contributed by atoms with van der Waals surface area (Å²) in [5.74, 6) is 0.244. The number of amides is 1. The number of rotatable bonds is 7. The number of ether oxygens (including phenoxy) is 2. The van der Waals surface area contributed by atoms with Gasteiger partial charge in [-0.15, -0.1) is 11.6 Å². The first-order valence-corrected chi connectivity index (χ1v) is 6.42. The van der Waals surface area contributed by atoms with E-state index in [2.05, 4.69) is 0 Å². The van der Waals surface area contributed by atoms with Crippen LogP contribution in [0.1, 0.15) is 10.4 Å². The topological polar surface area (TPSA) is 38.8 Å². The molecule has 1 aromatic carbocycles. The molecular weight excluding hydrogens is 292 g/mol. The monoisotopic (exact) mass is 307 g/mol. The fraction of sp³-hybridized carbons (Fsp3) is 0.462. The maximum absolute atomic E-state index is 12.5. The molecule has 0 heterocycles. The van der Waals surface area contributed by atoms with Crippen LogP contribution in [0, 0.1) is 0 Å². The zero-order valence-corrected chi connectivity index (χ0v) is 12.0. The molecule has 0 aromatic heterocycles. The third-order valence-corrected chi connectivity index (χ3v) is 2.81. The molecule has 1 amide bonds. The van der Waals surface area contributed by atoms with Gasteiger partial charge in [-0.1, -0.05) is 0 Å². The fourth-order valence-corrected chi connectivity index (χ4v) is 1.90. The SMILES string of the molecule is COc1ccc(OC)c(C(=O)N(CCCl)CC(F)F)c1. The first kappa shape index (κ1) is 16.5. The number of halogens is 3. The van der Waals surface area contributed by atoms with Gasteiger partial charge in [-0.25, -0.2) is 8.78 Å². The number of methoxy groups -OCH3 is 2. The lowest BCUT2D eigenvalue weighted by Gasteiger charge is -2.22. The van der Waals surface area contributed by atoms with Crippen LogP contribution in [0.25, 0.3) is 0 Å². The second-order valence-electron chi connectivity index (χ2n) is 3.90. The first-order chi connectivity index (χ1) is 9.53. The van der Waals surface area contributed by atoms with E-state index < -0.39 is 18.9 Å². The lowest BCUT2D eigenvalue weighted by Crippen LogP contribution is -2.36. The molecular formula is C13H16ClF2NO3. The third-order valence-electron chi connectivity index (χ3n) is 2.64. The normalized spacial score (nSPS) is 10.5. The highest BCUT2D eigenvalue weighted by atomic mass is 35.5. The molecule has 0 aliphatic carbocycles. The van der Waals surface area contributed by atoms with Crippen molar-refractivity contribution in [2.45, 2.75) is 6.43 Å². The van der Waals surface area contributed by atoms with Gasteiger partial charge in [0.2, 0.25) is 0 Å². The van der Waals surface area contributed by atoms with Crippen LogP contribution in [0.3, 0.4) is 0 Å². The molecule has 0 saturated heterocycles. The Hall–Kier alpha value is -1.56. The van der Waals surface area contributed by atoms with Crippen molar-refractivity contribution in [3.05, 3.63) is 23.8 Å². The van der Waals surface area contributed by atoms with Gasteiger partial charge in [0.1, 0.15) is 11.5 Å². The van der Waals surface area contributed by atoms with Crippen molar-refractivity contribution >= 4 is 17.5 Å². The van der Waals surface area contributed by atoms with Gasteiger partial charge in [0.15, 0.2) is 0 Å². The summed E-state index contributed by atoms with van der Waals surface area (Å²) in [5.41, 5.74) is 0.164. The van der Waals surface area contributed by atoms with Crippen molar-refractivity contribution in [3.63, 3.8) is 0 Å². The number of nitrogens with zero attached hydrogens (tertiary/aromatic N) is 1. The Labute approximate surface area is 121 Å². The van der Waals surface area contributed by atoms with Gasteiger partial charge >= 0.3 is 0 Å². The standard InChI is InChI=1S/C13H16ClF2NO3/c1-19-9-3-4-11(20-2)10(7-9)13(18)17(6-5-14)8-12(15)16/h3-4,7,12H,5-6,8H2,1-2H3. The molecule has 0 aliphatic rings. The lowest BCUT2D eigenvalue weighted by atomic mass is 10.1. The Morgan fingerprint density at radius 2 is 2.05 bits per heavy atom. The summed E-state index contributed by atoms with van der Waals surface area (Å²) in [7, 11) is 2.85. The van der Waals surface area contributed by atoms with Crippen LogP contribution in [0.15, 0.2) is 18.2 Å². The van der Waals surface area contributed by atoms with Crippen LogP contribution < -0.4 is 9.47 Å². The minimum absolute atomic E-state index is 0.0328. The molecule has 20 heavy (non-hydrogen) atoms. The number of hydrogen-bond donors (Lipinski definition) is 0. The summed E-state index contributed by atoms with van der Waals surface area (Å²) in [6.45, 7) is -0.642. The molecule has 0 spiro atoms. The highest BCUT2D eigenvalue weighted by Gasteiger charge is 2.22.